The number of carboxylic acids is 1. The number of ether oxygens (including phenoxy) is 1. The molecule has 0 radical (unpaired) electrons. The monoisotopic (exact) mass is 285 g/mol. The van der Waals surface area contributed by atoms with Crippen molar-refractivity contribution in [3.05, 3.63) is 0 Å². The first-order valence-corrected chi connectivity index (χ1v) is 7.28. The van der Waals surface area contributed by atoms with Crippen molar-refractivity contribution < 1.29 is 19.4 Å². The molecule has 0 aliphatic carbocycles. The van der Waals surface area contributed by atoms with Crippen LogP contribution in [0.25, 0.3) is 0 Å². The van der Waals surface area contributed by atoms with Gasteiger partial charge in [-0.05, 0) is 18.3 Å². The predicted molar refractivity (Wildman–Crippen MR) is 76.4 cm³/mol. The zero-order valence-corrected chi connectivity index (χ0v) is 13.2. The lowest BCUT2D eigenvalue weighted by molar-refractivity contribution is -0.145. The fourth-order valence-electron chi connectivity index (χ4n) is 2.37. The standard InChI is InChI=1S/C15H27NO4/c1-6-16(12-9-20-8-11(12)14(18)19)13(17)7-10(2)15(3,4)5/h10-12H,6-9H2,1-5H3,(H,18,19). The van der Waals surface area contributed by atoms with Crippen LogP contribution in [0.15, 0.2) is 0 Å². The van der Waals surface area contributed by atoms with Crippen LogP contribution < -0.4 is 0 Å². The van der Waals surface area contributed by atoms with Crippen molar-refractivity contribution in [1.82, 2.24) is 4.90 Å². The lowest BCUT2D eigenvalue weighted by Gasteiger charge is -2.33. The van der Waals surface area contributed by atoms with Gasteiger partial charge in [-0.1, -0.05) is 27.7 Å². The lowest BCUT2D eigenvalue weighted by Crippen LogP contribution is -2.47. The molecule has 0 aromatic carbocycles. The third-order valence-electron chi connectivity index (χ3n) is 4.39. The van der Waals surface area contributed by atoms with Gasteiger partial charge < -0.3 is 14.7 Å². The Morgan fingerprint density at radius 3 is 2.40 bits per heavy atom. The van der Waals surface area contributed by atoms with E-state index in [1.54, 1.807) is 4.90 Å². The molecule has 0 aromatic rings. The van der Waals surface area contributed by atoms with Crippen molar-refractivity contribution in [2.24, 2.45) is 17.3 Å². The van der Waals surface area contributed by atoms with Crippen LogP contribution >= 0.6 is 0 Å². The number of hydrogen-bond acceptors (Lipinski definition) is 3. The summed E-state index contributed by atoms with van der Waals surface area (Å²) in [5.74, 6) is -1.22. The zero-order valence-electron chi connectivity index (χ0n) is 13.2. The van der Waals surface area contributed by atoms with E-state index in [2.05, 4.69) is 27.7 Å². The van der Waals surface area contributed by atoms with E-state index < -0.39 is 11.9 Å². The maximum absolute atomic E-state index is 12.5. The van der Waals surface area contributed by atoms with Crippen LogP contribution in [0.4, 0.5) is 0 Å². The molecular weight excluding hydrogens is 258 g/mol. The molecule has 0 spiro atoms. The molecule has 5 nitrogen and oxygen atoms in total. The van der Waals surface area contributed by atoms with Crippen LogP contribution in [0.1, 0.15) is 41.0 Å². The first-order chi connectivity index (χ1) is 9.18. The van der Waals surface area contributed by atoms with Crippen LogP contribution in [-0.2, 0) is 14.3 Å². The van der Waals surface area contributed by atoms with E-state index in [-0.39, 0.29) is 29.9 Å². The lowest BCUT2D eigenvalue weighted by atomic mass is 9.80. The number of carboxylic acid groups (broad SMARTS) is 1. The summed E-state index contributed by atoms with van der Waals surface area (Å²) in [6.07, 6.45) is 0.445. The minimum absolute atomic E-state index is 0.0247. The second-order valence-corrected chi connectivity index (χ2v) is 6.70. The smallest absolute Gasteiger partial charge is 0.311 e. The SMILES string of the molecule is CCN(C(=O)CC(C)C(C)(C)C)C1COCC1C(=O)O. The Kier molecular flexibility index (Phi) is 5.57. The van der Waals surface area contributed by atoms with E-state index >= 15 is 0 Å². The summed E-state index contributed by atoms with van der Waals surface area (Å²) in [6, 6.07) is -0.336. The van der Waals surface area contributed by atoms with Crippen molar-refractivity contribution in [1.29, 1.82) is 0 Å². The van der Waals surface area contributed by atoms with E-state index in [1.807, 2.05) is 6.92 Å². The summed E-state index contributed by atoms with van der Waals surface area (Å²) in [5.41, 5.74) is 0.0629. The highest BCUT2D eigenvalue weighted by atomic mass is 16.5. The molecule has 1 amide bonds. The molecule has 1 N–H and O–H groups in total. The van der Waals surface area contributed by atoms with E-state index in [4.69, 9.17) is 4.74 Å². The average Bonchev–Trinajstić information content (AvgIpc) is 2.77. The highest BCUT2D eigenvalue weighted by molar-refractivity contribution is 5.79. The molecule has 0 bridgehead atoms. The highest BCUT2D eigenvalue weighted by Crippen LogP contribution is 2.29. The minimum atomic E-state index is -0.886. The summed E-state index contributed by atoms with van der Waals surface area (Å²) >= 11 is 0. The first-order valence-electron chi connectivity index (χ1n) is 7.28. The van der Waals surface area contributed by atoms with Crippen molar-refractivity contribution in [2.45, 2.75) is 47.1 Å². The molecule has 1 saturated heterocycles. The molecule has 0 saturated carbocycles. The maximum Gasteiger partial charge on any atom is 0.311 e. The number of rotatable bonds is 5. The highest BCUT2D eigenvalue weighted by Gasteiger charge is 2.39. The van der Waals surface area contributed by atoms with Crippen molar-refractivity contribution in [3.8, 4) is 0 Å². The van der Waals surface area contributed by atoms with E-state index in [1.165, 1.54) is 0 Å². The van der Waals surface area contributed by atoms with Gasteiger partial charge >= 0.3 is 5.97 Å². The largest absolute Gasteiger partial charge is 0.481 e. The molecule has 5 heteroatoms. The number of aliphatic carboxylic acids is 1. The van der Waals surface area contributed by atoms with Gasteiger partial charge in [0.1, 0.15) is 5.92 Å². The normalized spacial score (nSPS) is 24.4. The first kappa shape index (κ1) is 17.0. The van der Waals surface area contributed by atoms with Gasteiger partial charge in [-0.2, -0.15) is 0 Å². The molecule has 1 heterocycles. The van der Waals surface area contributed by atoms with E-state index in [0.717, 1.165) is 0 Å². The quantitative estimate of drug-likeness (QED) is 0.839. The Morgan fingerprint density at radius 2 is 1.95 bits per heavy atom. The second kappa shape index (κ2) is 6.57. The van der Waals surface area contributed by atoms with Crippen LogP contribution in [0, 0.1) is 17.3 Å². The fraction of sp³-hybridized carbons (Fsp3) is 0.867. The Bertz CT molecular complexity index is 361. The average molecular weight is 285 g/mol. The third kappa shape index (κ3) is 3.95. The second-order valence-electron chi connectivity index (χ2n) is 6.70. The molecule has 1 aliphatic rings. The topological polar surface area (TPSA) is 66.8 Å². The minimum Gasteiger partial charge on any atom is -0.481 e. The van der Waals surface area contributed by atoms with Gasteiger partial charge in [0.25, 0.3) is 0 Å². The Morgan fingerprint density at radius 1 is 1.35 bits per heavy atom. The van der Waals surface area contributed by atoms with Gasteiger partial charge in [0.2, 0.25) is 5.91 Å². The summed E-state index contributed by atoms with van der Waals surface area (Å²) < 4.78 is 5.26. The predicted octanol–water partition coefficient (Wildman–Crippen LogP) is 2.01. The molecule has 0 aromatic heterocycles. The number of carbonyl (C=O) groups excluding carboxylic acids is 1. The van der Waals surface area contributed by atoms with Crippen LogP contribution in [0.2, 0.25) is 0 Å². The summed E-state index contributed by atoms with van der Waals surface area (Å²) in [5, 5.41) is 9.20. The Labute approximate surface area is 121 Å². The van der Waals surface area contributed by atoms with Gasteiger partial charge in [0, 0.05) is 13.0 Å². The maximum atomic E-state index is 12.5. The van der Waals surface area contributed by atoms with Crippen LogP contribution in [0.3, 0.4) is 0 Å². The van der Waals surface area contributed by atoms with Crippen molar-refractivity contribution >= 4 is 11.9 Å². The van der Waals surface area contributed by atoms with Gasteiger partial charge in [0.15, 0.2) is 0 Å². The molecule has 1 rings (SSSR count). The number of likely N-dealkylation sites (N-methyl/N-ethyl adjacent to an activating group) is 1. The van der Waals surface area contributed by atoms with Crippen molar-refractivity contribution in [2.75, 3.05) is 19.8 Å². The van der Waals surface area contributed by atoms with Gasteiger partial charge in [-0.3, -0.25) is 9.59 Å². The number of carbonyl (C=O) groups is 2. The molecule has 20 heavy (non-hydrogen) atoms. The third-order valence-corrected chi connectivity index (χ3v) is 4.39. The van der Waals surface area contributed by atoms with Crippen molar-refractivity contribution in [3.63, 3.8) is 0 Å². The molecule has 3 unspecified atom stereocenters. The zero-order chi connectivity index (χ0) is 15.5. The number of nitrogens with zero attached hydrogens (tertiary/aromatic N) is 1. The van der Waals surface area contributed by atoms with Gasteiger partial charge in [-0.15, -0.1) is 0 Å². The van der Waals surface area contributed by atoms with E-state index in [9.17, 15) is 14.7 Å². The Balaban J connectivity index is 2.75. The molecule has 1 fully saturated rings. The number of amides is 1. The summed E-state index contributed by atoms with van der Waals surface area (Å²) in [4.78, 5) is 25.4. The summed E-state index contributed by atoms with van der Waals surface area (Å²) in [6.45, 7) is 11.3. The number of hydrogen-bond donors (Lipinski definition) is 1. The van der Waals surface area contributed by atoms with Gasteiger partial charge in [-0.25, -0.2) is 0 Å². The van der Waals surface area contributed by atoms with Crippen LogP contribution in [-0.4, -0.2) is 47.7 Å². The van der Waals surface area contributed by atoms with Crippen LogP contribution in [0.5, 0.6) is 0 Å². The molecule has 116 valence electrons. The molecular formula is C15H27NO4. The summed E-state index contributed by atoms with van der Waals surface area (Å²) in [7, 11) is 0. The van der Waals surface area contributed by atoms with Gasteiger partial charge in [0.05, 0.1) is 19.3 Å². The Hall–Kier alpha value is -1.10. The molecule has 1 aliphatic heterocycles. The molecule has 3 atom stereocenters. The fourth-order valence-corrected chi connectivity index (χ4v) is 2.37. The van der Waals surface area contributed by atoms with E-state index in [0.29, 0.717) is 19.6 Å².